The molecular weight excluding hydrogens is 435 g/mol. The number of amides is 2. The molecule has 2 aromatic carbocycles. The van der Waals surface area contributed by atoms with Gasteiger partial charge >= 0.3 is 0 Å². The van der Waals surface area contributed by atoms with Crippen LogP contribution in [0.2, 0.25) is 0 Å². The molecule has 0 aromatic heterocycles. The first-order valence-electron chi connectivity index (χ1n) is 11.9. The lowest BCUT2D eigenvalue weighted by atomic mass is 10.1. The van der Waals surface area contributed by atoms with Gasteiger partial charge in [-0.05, 0) is 56.3 Å². The quantitative estimate of drug-likeness (QED) is 0.550. The van der Waals surface area contributed by atoms with Gasteiger partial charge in [-0.15, -0.1) is 0 Å². The summed E-state index contributed by atoms with van der Waals surface area (Å²) >= 11 is 0. The molecule has 2 N–H and O–H groups in total. The van der Waals surface area contributed by atoms with Gasteiger partial charge in [0.2, 0.25) is 5.91 Å². The SMILES string of the molecule is CCN(Cc1ccc(C(=O)Nc2ccc(F)c(NC(=O)CCN3CCOCC3)c2)cc1)C(C)C. The molecule has 0 unspecified atom stereocenters. The highest BCUT2D eigenvalue weighted by atomic mass is 19.1. The molecule has 0 bridgehead atoms. The van der Waals surface area contributed by atoms with Crippen molar-refractivity contribution < 1.29 is 18.7 Å². The van der Waals surface area contributed by atoms with Crippen LogP contribution in [0, 0.1) is 5.82 Å². The minimum Gasteiger partial charge on any atom is -0.379 e. The van der Waals surface area contributed by atoms with E-state index in [0.29, 0.717) is 37.1 Å². The lowest BCUT2D eigenvalue weighted by Crippen LogP contribution is -2.38. The zero-order valence-corrected chi connectivity index (χ0v) is 20.3. The van der Waals surface area contributed by atoms with Crippen LogP contribution in [0.15, 0.2) is 42.5 Å². The van der Waals surface area contributed by atoms with E-state index in [1.165, 1.54) is 18.2 Å². The average molecular weight is 471 g/mol. The molecule has 1 aliphatic rings. The van der Waals surface area contributed by atoms with Crippen molar-refractivity contribution in [2.24, 2.45) is 0 Å². The number of hydrogen-bond acceptors (Lipinski definition) is 5. The fraction of sp³-hybridized carbons (Fsp3) is 0.462. The molecule has 0 atom stereocenters. The first kappa shape index (κ1) is 25.8. The molecule has 1 fully saturated rings. The third-order valence-electron chi connectivity index (χ3n) is 6.00. The molecule has 7 nitrogen and oxygen atoms in total. The molecule has 8 heteroatoms. The number of rotatable bonds is 10. The van der Waals surface area contributed by atoms with Gasteiger partial charge in [-0.3, -0.25) is 19.4 Å². The molecular formula is C26H35FN4O3. The summed E-state index contributed by atoms with van der Waals surface area (Å²) in [5, 5.41) is 5.40. The number of hydrogen-bond donors (Lipinski definition) is 2. The second-order valence-corrected chi connectivity index (χ2v) is 8.75. The summed E-state index contributed by atoms with van der Waals surface area (Å²) in [6, 6.07) is 12.1. The molecule has 3 rings (SSSR count). The van der Waals surface area contributed by atoms with E-state index in [-0.39, 0.29) is 23.9 Å². The van der Waals surface area contributed by atoms with E-state index in [1.54, 1.807) is 12.1 Å². The number of ether oxygens (including phenoxy) is 1. The third-order valence-corrected chi connectivity index (χ3v) is 6.00. The van der Waals surface area contributed by atoms with Crippen LogP contribution in [0.25, 0.3) is 0 Å². The highest BCUT2D eigenvalue weighted by Gasteiger charge is 2.15. The zero-order valence-electron chi connectivity index (χ0n) is 20.3. The second kappa shape index (κ2) is 12.6. The topological polar surface area (TPSA) is 73.9 Å². The van der Waals surface area contributed by atoms with E-state index in [1.807, 2.05) is 12.1 Å². The Labute approximate surface area is 201 Å². The van der Waals surface area contributed by atoms with Crippen LogP contribution in [0.1, 0.15) is 43.1 Å². The number of morpholine rings is 1. The van der Waals surface area contributed by atoms with Gasteiger partial charge in [-0.2, -0.15) is 0 Å². The number of benzene rings is 2. The Morgan fingerprint density at radius 1 is 1.09 bits per heavy atom. The summed E-state index contributed by atoms with van der Waals surface area (Å²) in [5.41, 5.74) is 2.11. The molecule has 2 amide bonds. The minimum atomic E-state index is -0.548. The molecule has 0 saturated carbocycles. The van der Waals surface area contributed by atoms with Crippen molar-refractivity contribution in [2.45, 2.75) is 39.8 Å². The van der Waals surface area contributed by atoms with E-state index in [9.17, 15) is 14.0 Å². The summed E-state index contributed by atoms with van der Waals surface area (Å²) in [7, 11) is 0. The highest BCUT2D eigenvalue weighted by Crippen LogP contribution is 2.21. The normalized spacial score (nSPS) is 14.4. The molecule has 1 heterocycles. The maximum atomic E-state index is 14.3. The fourth-order valence-electron chi connectivity index (χ4n) is 3.85. The Morgan fingerprint density at radius 3 is 2.44 bits per heavy atom. The lowest BCUT2D eigenvalue weighted by molar-refractivity contribution is -0.116. The van der Waals surface area contributed by atoms with Gasteiger partial charge in [0.15, 0.2) is 0 Å². The Kier molecular flexibility index (Phi) is 9.56. The number of carbonyl (C=O) groups excluding carboxylic acids is 2. The van der Waals surface area contributed by atoms with E-state index in [4.69, 9.17) is 4.74 Å². The van der Waals surface area contributed by atoms with Crippen molar-refractivity contribution >= 4 is 23.2 Å². The van der Waals surface area contributed by atoms with Crippen molar-refractivity contribution in [1.82, 2.24) is 9.80 Å². The summed E-state index contributed by atoms with van der Waals surface area (Å²) in [5.74, 6) is -1.11. The van der Waals surface area contributed by atoms with Crippen molar-refractivity contribution in [3.05, 3.63) is 59.4 Å². The number of nitrogens with one attached hydrogen (secondary N) is 2. The van der Waals surface area contributed by atoms with E-state index < -0.39 is 5.82 Å². The van der Waals surface area contributed by atoms with E-state index in [2.05, 4.69) is 41.2 Å². The molecule has 2 aromatic rings. The number of anilines is 2. The van der Waals surface area contributed by atoms with Gasteiger partial charge in [0.1, 0.15) is 5.82 Å². The monoisotopic (exact) mass is 470 g/mol. The van der Waals surface area contributed by atoms with Crippen molar-refractivity contribution in [1.29, 1.82) is 0 Å². The van der Waals surface area contributed by atoms with Crippen molar-refractivity contribution in [3.8, 4) is 0 Å². The van der Waals surface area contributed by atoms with Crippen molar-refractivity contribution in [3.63, 3.8) is 0 Å². The van der Waals surface area contributed by atoms with Crippen LogP contribution in [-0.2, 0) is 16.1 Å². The minimum absolute atomic E-state index is 0.0495. The molecule has 184 valence electrons. The highest BCUT2D eigenvalue weighted by molar-refractivity contribution is 6.04. The number of nitrogens with zero attached hydrogens (tertiary/aromatic N) is 2. The molecule has 34 heavy (non-hydrogen) atoms. The molecule has 0 radical (unpaired) electrons. The van der Waals surface area contributed by atoms with Crippen LogP contribution in [0.5, 0.6) is 0 Å². The maximum Gasteiger partial charge on any atom is 0.255 e. The van der Waals surface area contributed by atoms with Crippen LogP contribution in [0.4, 0.5) is 15.8 Å². The largest absolute Gasteiger partial charge is 0.379 e. The van der Waals surface area contributed by atoms with E-state index in [0.717, 1.165) is 31.7 Å². The Morgan fingerprint density at radius 2 is 1.79 bits per heavy atom. The summed E-state index contributed by atoms with van der Waals surface area (Å²) in [6.07, 6.45) is 0.259. The summed E-state index contributed by atoms with van der Waals surface area (Å²) < 4.78 is 19.6. The predicted octanol–water partition coefficient (Wildman–Crippen LogP) is 3.97. The predicted molar refractivity (Wildman–Crippen MR) is 133 cm³/mol. The van der Waals surface area contributed by atoms with Crippen LogP contribution in [-0.4, -0.2) is 67.0 Å². The Balaban J connectivity index is 1.56. The number of carbonyl (C=O) groups is 2. The average Bonchev–Trinajstić information content (AvgIpc) is 2.84. The van der Waals surface area contributed by atoms with Gasteiger partial charge < -0.3 is 15.4 Å². The summed E-state index contributed by atoms with van der Waals surface area (Å²) in [6.45, 7) is 11.7. The van der Waals surface area contributed by atoms with Crippen molar-refractivity contribution in [2.75, 3.05) is 50.0 Å². The van der Waals surface area contributed by atoms with E-state index >= 15 is 0 Å². The fourth-order valence-corrected chi connectivity index (χ4v) is 3.85. The number of halogens is 1. The standard InChI is InChI=1S/C26H35FN4O3/c1-4-31(19(2)3)18-20-5-7-21(8-6-20)26(33)28-22-9-10-23(27)24(17-22)29-25(32)11-12-30-13-15-34-16-14-30/h5-10,17,19H,4,11-16,18H2,1-3H3,(H,28,33)(H,29,32). The van der Waals surface area contributed by atoms with Crippen LogP contribution in [0.3, 0.4) is 0 Å². The van der Waals surface area contributed by atoms with Gasteiger partial charge in [0, 0.05) is 49.9 Å². The van der Waals surface area contributed by atoms with Gasteiger partial charge in [-0.1, -0.05) is 19.1 Å². The first-order valence-corrected chi connectivity index (χ1v) is 11.9. The smallest absolute Gasteiger partial charge is 0.255 e. The molecule has 0 spiro atoms. The molecule has 0 aliphatic carbocycles. The zero-order chi connectivity index (χ0) is 24.5. The molecule has 1 saturated heterocycles. The third kappa shape index (κ3) is 7.62. The van der Waals surface area contributed by atoms with Gasteiger partial charge in [-0.25, -0.2) is 4.39 Å². The van der Waals surface area contributed by atoms with Crippen LogP contribution >= 0.6 is 0 Å². The molecule has 1 aliphatic heterocycles. The van der Waals surface area contributed by atoms with Crippen LogP contribution < -0.4 is 10.6 Å². The van der Waals surface area contributed by atoms with Gasteiger partial charge in [0.05, 0.1) is 18.9 Å². The Bertz CT molecular complexity index is 959. The van der Waals surface area contributed by atoms with Gasteiger partial charge in [0.25, 0.3) is 5.91 Å². The first-order chi connectivity index (χ1) is 16.4. The Hall–Kier alpha value is -2.81. The second-order valence-electron chi connectivity index (χ2n) is 8.75. The lowest BCUT2D eigenvalue weighted by Gasteiger charge is -2.26. The summed E-state index contributed by atoms with van der Waals surface area (Å²) in [4.78, 5) is 29.5. The maximum absolute atomic E-state index is 14.3.